The fourth-order valence-corrected chi connectivity index (χ4v) is 8.31. The number of hydrogen-bond donors (Lipinski definition) is 3. The molecule has 0 aromatic rings. The highest BCUT2D eigenvalue weighted by molar-refractivity contribution is 5.77. The Hall–Kier alpha value is -1.40. The van der Waals surface area contributed by atoms with E-state index in [1.54, 1.807) is 0 Å². The van der Waals surface area contributed by atoms with Crippen molar-refractivity contribution in [2.45, 2.75) is 309 Å². The Balaban J connectivity index is 4.34. The molecule has 0 fully saturated rings. The SMILES string of the molecule is CCCCCCCC/C=C/CCCCCCCCCCCC(=O)OC(CCCCCCCCCC)CC(=O)NC(CO)C(O)CCCCCCCCCCCCCCC. The average molecular weight is 834 g/mol. The molecule has 59 heavy (non-hydrogen) atoms. The summed E-state index contributed by atoms with van der Waals surface area (Å²) >= 11 is 0. The second kappa shape index (κ2) is 47.6. The minimum atomic E-state index is -0.780. The van der Waals surface area contributed by atoms with E-state index in [0.717, 1.165) is 44.9 Å². The van der Waals surface area contributed by atoms with Gasteiger partial charge in [-0.1, -0.05) is 238 Å². The maximum Gasteiger partial charge on any atom is 0.306 e. The Morgan fingerprint density at radius 3 is 1.20 bits per heavy atom. The van der Waals surface area contributed by atoms with E-state index in [4.69, 9.17) is 4.74 Å². The van der Waals surface area contributed by atoms with Gasteiger partial charge in [-0.2, -0.15) is 0 Å². The molecule has 3 atom stereocenters. The van der Waals surface area contributed by atoms with Crippen LogP contribution in [0.4, 0.5) is 0 Å². The van der Waals surface area contributed by atoms with Crippen LogP contribution in [0.2, 0.25) is 0 Å². The van der Waals surface area contributed by atoms with E-state index in [1.807, 2.05) is 0 Å². The average Bonchev–Trinajstić information content (AvgIpc) is 3.23. The highest BCUT2D eigenvalue weighted by Crippen LogP contribution is 2.18. The van der Waals surface area contributed by atoms with Gasteiger partial charge in [0.2, 0.25) is 5.91 Å². The lowest BCUT2D eigenvalue weighted by molar-refractivity contribution is -0.151. The largest absolute Gasteiger partial charge is 0.462 e. The number of carbonyl (C=O) groups excluding carboxylic acids is 2. The topological polar surface area (TPSA) is 95.9 Å². The molecule has 0 aromatic heterocycles. The van der Waals surface area contributed by atoms with Crippen molar-refractivity contribution in [2.24, 2.45) is 0 Å². The van der Waals surface area contributed by atoms with Crippen molar-refractivity contribution in [1.29, 1.82) is 0 Å². The number of rotatable bonds is 48. The van der Waals surface area contributed by atoms with E-state index in [1.165, 1.54) is 199 Å². The Labute approximate surface area is 368 Å². The van der Waals surface area contributed by atoms with Gasteiger partial charge >= 0.3 is 5.97 Å². The Kier molecular flexibility index (Phi) is 46.5. The zero-order valence-electron chi connectivity index (χ0n) is 39.9. The molecule has 0 aliphatic rings. The summed E-state index contributed by atoms with van der Waals surface area (Å²) in [6, 6.07) is -0.694. The summed E-state index contributed by atoms with van der Waals surface area (Å²) in [5.41, 5.74) is 0. The number of carbonyl (C=O) groups is 2. The van der Waals surface area contributed by atoms with Gasteiger partial charge in [-0.3, -0.25) is 9.59 Å². The fraction of sp³-hybridized carbons (Fsp3) is 0.925. The standard InChI is InChI=1S/C53H103NO5/c1-4-7-10-13-16-19-21-23-24-25-26-27-28-30-32-34-37-40-43-46-53(58)59-49(44-41-38-35-18-15-12-9-6-3)47-52(57)54-50(48-55)51(56)45-42-39-36-33-31-29-22-20-17-14-11-8-5-2/h23-24,49-51,55-56H,4-22,25-48H2,1-3H3,(H,54,57)/b24-23+. The maximum atomic E-state index is 13.1. The van der Waals surface area contributed by atoms with Crippen molar-refractivity contribution in [1.82, 2.24) is 5.32 Å². The van der Waals surface area contributed by atoms with Crippen LogP contribution >= 0.6 is 0 Å². The van der Waals surface area contributed by atoms with Gasteiger partial charge in [-0.05, 0) is 51.4 Å². The molecule has 6 heteroatoms. The minimum absolute atomic E-state index is 0.0830. The number of aliphatic hydroxyl groups excluding tert-OH is 2. The van der Waals surface area contributed by atoms with Crippen LogP contribution in [0, 0.1) is 0 Å². The van der Waals surface area contributed by atoms with Gasteiger partial charge in [-0.15, -0.1) is 0 Å². The number of allylic oxidation sites excluding steroid dienone is 2. The van der Waals surface area contributed by atoms with Crippen LogP contribution in [0.5, 0.6) is 0 Å². The van der Waals surface area contributed by atoms with E-state index in [2.05, 4.69) is 38.2 Å². The molecule has 0 radical (unpaired) electrons. The molecule has 350 valence electrons. The zero-order chi connectivity index (χ0) is 43.1. The van der Waals surface area contributed by atoms with E-state index in [9.17, 15) is 19.8 Å². The number of hydrogen-bond acceptors (Lipinski definition) is 5. The van der Waals surface area contributed by atoms with Crippen LogP contribution in [0.25, 0.3) is 0 Å². The van der Waals surface area contributed by atoms with E-state index >= 15 is 0 Å². The summed E-state index contributed by atoms with van der Waals surface area (Å²) in [5.74, 6) is -0.463. The van der Waals surface area contributed by atoms with Crippen LogP contribution in [0.3, 0.4) is 0 Å². The van der Waals surface area contributed by atoms with Crippen LogP contribution < -0.4 is 5.32 Å². The molecular weight excluding hydrogens is 731 g/mol. The second-order valence-corrected chi connectivity index (χ2v) is 18.3. The lowest BCUT2D eigenvalue weighted by atomic mass is 10.0. The van der Waals surface area contributed by atoms with Crippen molar-refractivity contribution in [3.8, 4) is 0 Å². The molecule has 0 saturated carbocycles. The Morgan fingerprint density at radius 1 is 0.475 bits per heavy atom. The Bertz CT molecular complexity index is 893. The highest BCUT2D eigenvalue weighted by atomic mass is 16.5. The minimum Gasteiger partial charge on any atom is -0.462 e. The van der Waals surface area contributed by atoms with Gasteiger partial charge in [0, 0.05) is 6.42 Å². The van der Waals surface area contributed by atoms with E-state index in [-0.39, 0.29) is 24.9 Å². The molecule has 3 N–H and O–H groups in total. The second-order valence-electron chi connectivity index (χ2n) is 18.3. The first kappa shape index (κ1) is 57.6. The molecule has 0 spiro atoms. The van der Waals surface area contributed by atoms with Gasteiger partial charge in [0.15, 0.2) is 0 Å². The quantitative estimate of drug-likeness (QED) is 0.0322. The fourth-order valence-electron chi connectivity index (χ4n) is 8.31. The number of unbranched alkanes of at least 4 members (excludes halogenated alkanes) is 34. The first-order chi connectivity index (χ1) is 29.0. The number of amides is 1. The molecule has 0 aliphatic heterocycles. The van der Waals surface area contributed by atoms with Crippen molar-refractivity contribution < 1.29 is 24.5 Å². The van der Waals surface area contributed by atoms with Crippen molar-refractivity contribution >= 4 is 11.9 Å². The molecule has 0 heterocycles. The third kappa shape index (κ3) is 43.1. The summed E-state index contributed by atoms with van der Waals surface area (Å²) in [6.07, 6.45) is 52.8. The number of ether oxygens (including phenoxy) is 1. The normalized spacial score (nSPS) is 13.2. The predicted molar refractivity (Wildman–Crippen MR) is 255 cm³/mol. The smallest absolute Gasteiger partial charge is 0.306 e. The van der Waals surface area contributed by atoms with Crippen LogP contribution in [0.15, 0.2) is 12.2 Å². The molecule has 0 aliphatic carbocycles. The lowest BCUT2D eigenvalue weighted by Gasteiger charge is -2.24. The zero-order valence-corrected chi connectivity index (χ0v) is 39.9. The van der Waals surface area contributed by atoms with Crippen molar-refractivity contribution in [2.75, 3.05) is 6.61 Å². The van der Waals surface area contributed by atoms with Crippen LogP contribution in [-0.2, 0) is 14.3 Å². The molecule has 6 nitrogen and oxygen atoms in total. The predicted octanol–water partition coefficient (Wildman–Crippen LogP) is 15.7. The van der Waals surface area contributed by atoms with Gasteiger partial charge in [0.1, 0.15) is 6.10 Å². The first-order valence-corrected chi connectivity index (χ1v) is 26.4. The van der Waals surface area contributed by atoms with Crippen molar-refractivity contribution in [3.63, 3.8) is 0 Å². The summed E-state index contributed by atoms with van der Waals surface area (Å²) in [7, 11) is 0. The lowest BCUT2D eigenvalue weighted by Crippen LogP contribution is -2.46. The number of nitrogens with one attached hydrogen (secondary N) is 1. The number of aliphatic hydroxyl groups is 2. The van der Waals surface area contributed by atoms with Crippen molar-refractivity contribution in [3.05, 3.63) is 12.2 Å². The summed E-state index contributed by atoms with van der Waals surface area (Å²) in [6.45, 7) is 6.48. The molecule has 0 rings (SSSR count). The maximum absolute atomic E-state index is 13.1. The third-order valence-corrected chi connectivity index (χ3v) is 12.3. The number of esters is 1. The molecule has 0 bridgehead atoms. The summed E-state index contributed by atoms with van der Waals surface area (Å²) < 4.78 is 5.92. The monoisotopic (exact) mass is 834 g/mol. The molecule has 1 amide bonds. The Morgan fingerprint density at radius 2 is 0.814 bits per heavy atom. The van der Waals surface area contributed by atoms with Crippen LogP contribution in [-0.4, -0.2) is 46.9 Å². The van der Waals surface area contributed by atoms with Gasteiger partial charge in [0.05, 0.1) is 25.2 Å². The third-order valence-electron chi connectivity index (χ3n) is 12.3. The molecule has 3 unspecified atom stereocenters. The summed E-state index contributed by atoms with van der Waals surface area (Å²) in [4.78, 5) is 26.1. The van der Waals surface area contributed by atoms with Crippen LogP contribution in [0.1, 0.15) is 290 Å². The molecule has 0 aromatic carbocycles. The summed E-state index contributed by atoms with van der Waals surface area (Å²) in [5, 5.41) is 23.7. The van der Waals surface area contributed by atoms with Gasteiger partial charge in [0.25, 0.3) is 0 Å². The first-order valence-electron chi connectivity index (χ1n) is 26.4. The molecule has 0 saturated heterocycles. The highest BCUT2D eigenvalue weighted by Gasteiger charge is 2.24. The van der Waals surface area contributed by atoms with Gasteiger partial charge < -0.3 is 20.3 Å². The van der Waals surface area contributed by atoms with Gasteiger partial charge in [-0.25, -0.2) is 0 Å². The molecular formula is C53H103NO5. The van der Waals surface area contributed by atoms with E-state index in [0.29, 0.717) is 19.3 Å². The van der Waals surface area contributed by atoms with E-state index < -0.39 is 18.2 Å².